The minimum absolute atomic E-state index is 0.124. The fraction of sp³-hybridized carbons (Fsp3) is 0.643. The molecular weight excluding hydrogens is 240 g/mol. The molecule has 1 amide bonds. The van der Waals surface area contributed by atoms with Crippen LogP contribution in [0.25, 0.3) is 0 Å². The van der Waals surface area contributed by atoms with E-state index in [0.717, 1.165) is 32.2 Å². The fourth-order valence-corrected chi connectivity index (χ4v) is 1.70. The van der Waals surface area contributed by atoms with Crippen LogP contribution in [0.2, 0.25) is 0 Å². The zero-order valence-electron chi connectivity index (χ0n) is 12.1. The van der Waals surface area contributed by atoms with E-state index in [-0.39, 0.29) is 5.91 Å². The van der Waals surface area contributed by atoms with Crippen molar-refractivity contribution in [2.75, 3.05) is 18.4 Å². The average molecular weight is 264 g/mol. The number of rotatable bonds is 8. The normalized spacial score (nSPS) is 10.3. The van der Waals surface area contributed by atoms with Gasteiger partial charge in [-0.05, 0) is 19.8 Å². The SMILES string of the molecule is CCCCCNC(=O)c1cc(NCCC)nc(C)n1. The molecule has 5 nitrogen and oxygen atoms in total. The monoisotopic (exact) mass is 264 g/mol. The molecule has 0 fully saturated rings. The minimum atomic E-state index is -0.124. The molecule has 0 bridgehead atoms. The summed E-state index contributed by atoms with van der Waals surface area (Å²) in [5, 5.41) is 6.06. The van der Waals surface area contributed by atoms with Crippen LogP contribution in [0.3, 0.4) is 0 Å². The van der Waals surface area contributed by atoms with E-state index in [4.69, 9.17) is 0 Å². The number of hydrogen-bond acceptors (Lipinski definition) is 4. The Kier molecular flexibility index (Phi) is 6.85. The van der Waals surface area contributed by atoms with Crippen molar-refractivity contribution in [2.45, 2.75) is 46.5 Å². The minimum Gasteiger partial charge on any atom is -0.370 e. The predicted molar refractivity (Wildman–Crippen MR) is 77.4 cm³/mol. The lowest BCUT2D eigenvalue weighted by Gasteiger charge is -2.08. The summed E-state index contributed by atoms with van der Waals surface area (Å²) in [5.41, 5.74) is 0.433. The van der Waals surface area contributed by atoms with Gasteiger partial charge in [0, 0.05) is 19.2 Å². The Morgan fingerprint density at radius 1 is 1.16 bits per heavy atom. The number of aryl methyl sites for hydroxylation is 1. The Bertz CT molecular complexity index is 406. The molecule has 0 aliphatic rings. The van der Waals surface area contributed by atoms with Gasteiger partial charge in [-0.3, -0.25) is 4.79 Å². The first kappa shape index (κ1) is 15.4. The second kappa shape index (κ2) is 8.45. The molecule has 0 radical (unpaired) electrons. The molecule has 2 N–H and O–H groups in total. The summed E-state index contributed by atoms with van der Waals surface area (Å²) >= 11 is 0. The lowest BCUT2D eigenvalue weighted by Crippen LogP contribution is -2.26. The zero-order valence-corrected chi connectivity index (χ0v) is 12.1. The van der Waals surface area contributed by atoms with Gasteiger partial charge in [0.1, 0.15) is 17.3 Å². The number of hydrogen-bond donors (Lipinski definition) is 2. The maximum atomic E-state index is 12.0. The van der Waals surface area contributed by atoms with Crippen molar-refractivity contribution in [1.29, 1.82) is 0 Å². The van der Waals surface area contributed by atoms with E-state index in [0.29, 0.717) is 23.9 Å². The van der Waals surface area contributed by atoms with Crippen LogP contribution in [0.15, 0.2) is 6.07 Å². The van der Waals surface area contributed by atoms with Gasteiger partial charge >= 0.3 is 0 Å². The summed E-state index contributed by atoms with van der Waals surface area (Å²) in [6.07, 6.45) is 4.30. The molecule has 1 aromatic heterocycles. The molecular formula is C14H24N4O. The van der Waals surface area contributed by atoms with Crippen molar-refractivity contribution in [3.8, 4) is 0 Å². The van der Waals surface area contributed by atoms with Crippen molar-refractivity contribution in [1.82, 2.24) is 15.3 Å². The van der Waals surface area contributed by atoms with Crippen LogP contribution in [-0.2, 0) is 0 Å². The van der Waals surface area contributed by atoms with E-state index >= 15 is 0 Å². The maximum Gasteiger partial charge on any atom is 0.270 e. The Morgan fingerprint density at radius 2 is 1.95 bits per heavy atom. The molecule has 1 aromatic rings. The molecule has 0 saturated carbocycles. The number of amides is 1. The third-order valence-corrected chi connectivity index (χ3v) is 2.69. The first-order valence-corrected chi connectivity index (χ1v) is 7.05. The van der Waals surface area contributed by atoms with Crippen LogP contribution in [0.5, 0.6) is 0 Å². The predicted octanol–water partition coefficient (Wildman–Crippen LogP) is 2.53. The number of nitrogens with zero attached hydrogens (tertiary/aromatic N) is 2. The van der Waals surface area contributed by atoms with Crippen molar-refractivity contribution in [2.24, 2.45) is 0 Å². The lowest BCUT2D eigenvalue weighted by molar-refractivity contribution is 0.0947. The van der Waals surface area contributed by atoms with Crippen molar-refractivity contribution in [3.05, 3.63) is 17.6 Å². The van der Waals surface area contributed by atoms with Crippen molar-refractivity contribution < 1.29 is 4.79 Å². The van der Waals surface area contributed by atoms with Gasteiger partial charge in [0.25, 0.3) is 5.91 Å². The van der Waals surface area contributed by atoms with Gasteiger partial charge in [0.05, 0.1) is 0 Å². The van der Waals surface area contributed by atoms with Gasteiger partial charge in [0.2, 0.25) is 0 Å². The van der Waals surface area contributed by atoms with E-state index in [1.807, 2.05) is 0 Å². The summed E-state index contributed by atoms with van der Waals surface area (Å²) in [5.74, 6) is 1.20. The summed E-state index contributed by atoms with van der Waals surface area (Å²) in [6, 6.07) is 1.71. The number of nitrogens with one attached hydrogen (secondary N) is 2. The van der Waals surface area contributed by atoms with Crippen molar-refractivity contribution in [3.63, 3.8) is 0 Å². The van der Waals surface area contributed by atoms with E-state index in [1.54, 1.807) is 13.0 Å². The largest absolute Gasteiger partial charge is 0.370 e. The Hall–Kier alpha value is -1.65. The zero-order chi connectivity index (χ0) is 14.1. The number of aromatic nitrogens is 2. The van der Waals surface area contributed by atoms with Crippen LogP contribution in [-0.4, -0.2) is 29.0 Å². The smallest absolute Gasteiger partial charge is 0.270 e. The highest BCUT2D eigenvalue weighted by atomic mass is 16.1. The Morgan fingerprint density at radius 3 is 2.63 bits per heavy atom. The van der Waals surface area contributed by atoms with E-state index in [1.165, 1.54) is 0 Å². The van der Waals surface area contributed by atoms with Crippen LogP contribution in [0.4, 0.5) is 5.82 Å². The molecule has 0 aliphatic carbocycles. The third-order valence-electron chi connectivity index (χ3n) is 2.69. The number of unbranched alkanes of at least 4 members (excludes halogenated alkanes) is 2. The standard InChI is InChI=1S/C14H24N4O/c1-4-6-7-9-16-14(19)12-10-13(15-8-5-2)18-11(3)17-12/h10H,4-9H2,1-3H3,(H,16,19)(H,15,17,18). The number of carbonyl (C=O) groups excluding carboxylic acids is 1. The highest BCUT2D eigenvalue weighted by Gasteiger charge is 2.09. The van der Waals surface area contributed by atoms with E-state index < -0.39 is 0 Å². The molecule has 1 rings (SSSR count). The molecule has 5 heteroatoms. The van der Waals surface area contributed by atoms with Gasteiger partial charge in [-0.2, -0.15) is 0 Å². The first-order chi connectivity index (χ1) is 9.17. The van der Waals surface area contributed by atoms with Crippen LogP contribution < -0.4 is 10.6 Å². The molecule has 0 atom stereocenters. The van der Waals surface area contributed by atoms with Gasteiger partial charge in [-0.1, -0.05) is 26.7 Å². The van der Waals surface area contributed by atoms with E-state index in [9.17, 15) is 4.79 Å². The second-order valence-electron chi connectivity index (χ2n) is 4.58. The lowest BCUT2D eigenvalue weighted by atomic mass is 10.2. The van der Waals surface area contributed by atoms with Crippen molar-refractivity contribution >= 4 is 11.7 Å². The molecule has 0 unspecified atom stereocenters. The average Bonchev–Trinajstić information content (AvgIpc) is 2.40. The third kappa shape index (κ3) is 5.68. The second-order valence-corrected chi connectivity index (χ2v) is 4.58. The fourth-order valence-electron chi connectivity index (χ4n) is 1.70. The van der Waals surface area contributed by atoms with Crippen LogP contribution in [0.1, 0.15) is 55.8 Å². The number of anilines is 1. The van der Waals surface area contributed by atoms with Gasteiger partial charge in [-0.25, -0.2) is 9.97 Å². The maximum absolute atomic E-state index is 12.0. The summed E-state index contributed by atoms with van der Waals surface area (Å²) in [4.78, 5) is 20.4. The molecule has 0 saturated heterocycles. The summed E-state index contributed by atoms with van der Waals surface area (Å²) in [7, 11) is 0. The van der Waals surface area contributed by atoms with Gasteiger partial charge < -0.3 is 10.6 Å². The van der Waals surface area contributed by atoms with Crippen LogP contribution in [0, 0.1) is 6.92 Å². The molecule has 0 spiro atoms. The summed E-state index contributed by atoms with van der Waals surface area (Å²) in [6.45, 7) is 7.57. The summed E-state index contributed by atoms with van der Waals surface area (Å²) < 4.78 is 0. The van der Waals surface area contributed by atoms with Crippen LogP contribution >= 0.6 is 0 Å². The Balaban J connectivity index is 2.60. The molecule has 1 heterocycles. The number of carbonyl (C=O) groups is 1. The first-order valence-electron chi connectivity index (χ1n) is 7.05. The molecule has 0 aliphatic heterocycles. The Labute approximate surface area is 115 Å². The molecule has 106 valence electrons. The highest BCUT2D eigenvalue weighted by Crippen LogP contribution is 2.07. The highest BCUT2D eigenvalue weighted by molar-refractivity contribution is 5.92. The molecule has 19 heavy (non-hydrogen) atoms. The molecule has 0 aromatic carbocycles. The van der Waals surface area contributed by atoms with Gasteiger partial charge in [-0.15, -0.1) is 0 Å². The van der Waals surface area contributed by atoms with E-state index in [2.05, 4.69) is 34.4 Å². The quantitative estimate of drug-likeness (QED) is 0.708. The van der Waals surface area contributed by atoms with Gasteiger partial charge in [0.15, 0.2) is 0 Å². The topological polar surface area (TPSA) is 66.9 Å².